The van der Waals surface area contributed by atoms with Gasteiger partial charge in [0.2, 0.25) is 0 Å². The van der Waals surface area contributed by atoms with Gasteiger partial charge in [-0.15, -0.1) is 0 Å². The normalized spacial score (nSPS) is 10.0. The van der Waals surface area contributed by atoms with Crippen LogP contribution in [0, 0.1) is 6.92 Å². The van der Waals surface area contributed by atoms with E-state index in [2.05, 4.69) is 4.98 Å². The Morgan fingerprint density at radius 2 is 2.44 bits per heavy atom. The van der Waals surface area contributed by atoms with Crippen LogP contribution in [0.5, 0.6) is 6.01 Å². The lowest BCUT2D eigenvalue weighted by Gasteiger charge is -1.84. The summed E-state index contributed by atoms with van der Waals surface area (Å²) in [6.45, 7) is 4.69. The van der Waals surface area contributed by atoms with Crippen molar-refractivity contribution in [2.24, 2.45) is 0 Å². The first kappa shape index (κ1) is 6.13. The van der Waals surface area contributed by atoms with Gasteiger partial charge in [-0.05, 0) is 6.92 Å². The van der Waals surface area contributed by atoms with Crippen molar-refractivity contribution in [3.05, 3.63) is 11.9 Å². The van der Waals surface area contributed by atoms with Gasteiger partial charge in [-0.2, -0.15) is 4.57 Å². The largest absolute Gasteiger partial charge is 0.451 e. The molecular formula is C6H11N2O+. The van der Waals surface area contributed by atoms with Gasteiger partial charge in [0.05, 0.1) is 6.54 Å². The Hall–Kier alpha value is -0.990. The van der Waals surface area contributed by atoms with E-state index in [0.717, 1.165) is 12.2 Å². The second kappa shape index (κ2) is 2.09. The Labute approximate surface area is 54.0 Å². The minimum Gasteiger partial charge on any atom is -0.446 e. The van der Waals surface area contributed by atoms with Crippen LogP contribution < -0.4 is 4.57 Å². The predicted molar refractivity (Wildman–Crippen MR) is 33.1 cm³/mol. The standard InChI is InChI=1S/C6H10N2O/c1-3-8-4-5(2)7-6(8)9/h4H,3H2,1-2H3,(H,7,9)/p+1. The molecule has 2 N–H and O–H groups in total. The van der Waals surface area contributed by atoms with Crippen molar-refractivity contribution in [1.82, 2.24) is 4.98 Å². The number of rotatable bonds is 1. The maximum Gasteiger partial charge on any atom is 0.451 e. The first-order valence-electron chi connectivity index (χ1n) is 3.02. The lowest BCUT2D eigenvalue weighted by Crippen LogP contribution is -2.29. The van der Waals surface area contributed by atoms with Crippen molar-refractivity contribution in [2.45, 2.75) is 20.4 Å². The quantitative estimate of drug-likeness (QED) is 0.524. The molecule has 1 rings (SSSR count). The van der Waals surface area contributed by atoms with Gasteiger partial charge in [-0.3, -0.25) is 0 Å². The van der Waals surface area contributed by atoms with E-state index in [1.165, 1.54) is 0 Å². The lowest BCUT2D eigenvalue weighted by molar-refractivity contribution is -0.698. The van der Waals surface area contributed by atoms with Crippen molar-refractivity contribution in [3.8, 4) is 6.01 Å². The lowest BCUT2D eigenvalue weighted by atomic mass is 10.6. The number of H-pyrrole nitrogens is 1. The van der Waals surface area contributed by atoms with Gasteiger partial charge < -0.3 is 5.11 Å². The fourth-order valence-electron chi connectivity index (χ4n) is 0.816. The number of aromatic hydroxyl groups is 1. The second-order valence-electron chi connectivity index (χ2n) is 2.05. The molecule has 0 amide bonds. The minimum absolute atomic E-state index is 0.231. The summed E-state index contributed by atoms with van der Waals surface area (Å²) in [6.07, 6.45) is 1.87. The second-order valence-corrected chi connectivity index (χ2v) is 2.05. The number of hydrogen-bond donors (Lipinski definition) is 2. The number of imidazole rings is 1. The molecule has 0 spiro atoms. The zero-order chi connectivity index (χ0) is 6.85. The number of aromatic nitrogens is 2. The number of nitrogens with one attached hydrogen (secondary N) is 1. The third kappa shape index (κ3) is 1.04. The molecule has 0 aliphatic rings. The molecule has 1 aromatic rings. The van der Waals surface area contributed by atoms with E-state index in [9.17, 15) is 0 Å². The number of aryl methyl sites for hydroxylation is 2. The zero-order valence-electron chi connectivity index (χ0n) is 5.68. The zero-order valence-corrected chi connectivity index (χ0v) is 5.68. The van der Waals surface area contributed by atoms with Crippen LogP contribution >= 0.6 is 0 Å². The smallest absolute Gasteiger partial charge is 0.446 e. The first-order valence-corrected chi connectivity index (χ1v) is 3.02. The van der Waals surface area contributed by atoms with Gasteiger partial charge >= 0.3 is 6.01 Å². The summed E-state index contributed by atoms with van der Waals surface area (Å²) in [4.78, 5) is 2.78. The van der Waals surface area contributed by atoms with Crippen molar-refractivity contribution < 1.29 is 9.67 Å². The average molecular weight is 127 g/mol. The molecule has 50 valence electrons. The van der Waals surface area contributed by atoms with E-state index in [1.54, 1.807) is 4.57 Å². The molecule has 0 aliphatic carbocycles. The minimum atomic E-state index is 0.231. The summed E-state index contributed by atoms with van der Waals surface area (Å²) in [5.41, 5.74) is 0.981. The summed E-state index contributed by atoms with van der Waals surface area (Å²) in [5.74, 6) is 0. The van der Waals surface area contributed by atoms with Crippen molar-refractivity contribution >= 4 is 0 Å². The van der Waals surface area contributed by atoms with Crippen LogP contribution in [0.2, 0.25) is 0 Å². The molecule has 3 nitrogen and oxygen atoms in total. The maximum atomic E-state index is 9.04. The Bertz CT molecular complexity index is 205. The Morgan fingerprint density at radius 1 is 1.78 bits per heavy atom. The predicted octanol–water partition coefficient (Wildman–Crippen LogP) is 0.336. The highest BCUT2D eigenvalue weighted by Gasteiger charge is 2.07. The highest BCUT2D eigenvalue weighted by Crippen LogP contribution is 1.96. The van der Waals surface area contributed by atoms with Gasteiger partial charge in [0.25, 0.3) is 0 Å². The molecule has 1 heterocycles. The Morgan fingerprint density at radius 3 is 2.67 bits per heavy atom. The summed E-state index contributed by atoms with van der Waals surface area (Å²) >= 11 is 0. The van der Waals surface area contributed by atoms with Crippen LogP contribution in [0.3, 0.4) is 0 Å². The van der Waals surface area contributed by atoms with E-state index >= 15 is 0 Å². The van der Waals surface area contributed by atoms with Gasteiger partial charge in [0, 0.05) is 6.92 Å². The van der Waals surface area contributed by atoms with Crippen molar-refractivity contribution in [1.29, 1.82) is 0 Å². The topological polar surface area (TPSA) is 39.9 Å². The Balaban J connectivity index is 3.01. The van der Waals surface area contributed by atoms with E-state index < -0.39 is 0 Å². The molecule has 0 saturated heterocycles. The molecule has 1 aromatic heterocycles. The fraction of sp³-hybridized carbons (Fsp3) is 0.500. The van der Waals surface area contributed by atoms with Gasteiger partial charge in [0.1, 0.15) is 11.9 Å². The molecule has 0 aliphatic heterocycles. The maximum absolute atomic E-state index is 9.04. The van der Waals surface area contributed by atoms with Crippen LogP contribution in [-0.2, 0) is 6.54 Å². The molecule has 0 fully saturated rings. The van der Waals surface area contributed by atoms with Crippen LogP contribution in [-0.4, -0.2) is 10.1 Å². The summed E-state index contributed by atoms with van der Waals surface area (Å²) in [5, 5.41) is 9.04. The molecule has 0 atom stereocenters. The molecular weight excluding hydrogens is 116 g/mol. The van der Waals surface area contributed by atoms with Gasteiger partial charge in [-0.1, -0.05) is 0 Å². The van der Waals surface area contributed by atoms with Crippen LogP contribution in [0.15, 0.2) is 6.20 Å². The highest BCUT2D eigenvalue weighted by molar-refractivity contribution is 4.92. The van der Waals surface area contributed by atoms with E-state index in [1.807, 2.05) is 20.0 Å². The Kier molecular flexibility index (Phi) is 1.42. The number of hydrogen-bond acceptors (Lipinski definition) is 1. The molecule has 0 bridgehead atoms. The summed E-state index contributed by atoms with van der Waals surface area (Å²) in [6, 6.07) is 0.231. The SMILES string of the molecule is CC[n+]1cc(C)[nH]c1O. The van der Waals surface area contributed by atoms with E-state index in [-0.39, 0.29) is 6.01 Å². The fourth-order valence-corrected chi connectivity index (χ4v) is 0.816. The van der Waals surface area contributed by atoms with Crippen molar-refractivity contribution in [3.63, 3.8) is 0 Å². The molecule has 0 saturated carbocycles. The number of aromatic amines is 1. The molecule has 0 aromatic carbocycles. The van der Waals surface area contributed by atoms with Crippen LogP contribution in [0.1, 0.15) is 12.6 Å². The summed E-state index contributed by atoms with van der Waals surface area (Å²) < 4.78 is 1.75. The first-order chi connectivity index (χ1) is 4.24. The molecule has 9 heavy (non-hydrogen) atoms. The van der Waals surface area contributed by atoms with Crippen LogP contribution in [0.4, 0.5) is 0 Å². The van der Waals surface area contributed by atoms with Crippen molar-refractivity contribution in [2.75, 3.05) is 0 Å². The van der Waals surface area contributed by atoms with E-state index in [4.69, 9.17) is 5.11 Å². The highest BCUT2D eigenvalue weighted by atomic mass is 16.3. The third-order valence-electron chi connectivity index (χ3n) is 1.27. The van der Waals surface area contributed by atoms with Gasteiger partial charge in [0.15, 0.2) is 0 Å². The third-order valence-corrected chi connectivity index (χ3v) is 1.27. The average Bonchev–Trinajstić information content (AvgIpc) is 2.10. The van der Waals surface area contributed by atoms with Crippen LogP contribution in [0.25, 0.3) is 0 Å². The number of nitrogens with zero attached hydrogens (tertiary/aromatic N) is 1. The molecule has 0 unspecified atom stereocenters. The molecule has 3 heteroatoms. The monoisotopic (exact) mass is 127 g/mol. The molecule has 0 radical (unpaired) electrons. The van der Waals surface area contributed by atoms with Gasteiger partial charge in [-0.25, -0.2) is 4.98 Å². The summed E-state index contributed by atoms with van der Waals surface area (Å²) in [7, 11) is 0. The van der Waals surface area contributed by atoms with E-state index in [0.29, 0.717) is 0 Å².